The Morgan fingerprint density at radius 1 is 0.864 bits per heavy atom. The molecule has 5 aliphatic carbocycles. The van der Waals surface area contributed by atoms with Crippen LogP contribution in [0, 0.1) is 50.2 Å². The molecule has 14 atom stereocenters. The molecule has 5 fully saturated rings. The van der Waals surface area contributed by atoms with Crippen LogP contribution in [0.25, 0.3) is 0 Å². The van der Waals surface area contributed by atoms with E-state index >= 15 is 0 Å². The van der Waals surface area contributed by atoms with E-state index in [2.05, 4.69) is 54.5 Å². The number of hydrogen-bond donors (Lipinski definition) is 5. The first-order valence-corrected chi connectivity index (χ1v) is 17.2. The lowest BCUT2D eigenvalue weighted by Crippen LogP contribution is -2.67. The van der Waals surface area contributed by atoms with Gasteiger partial charge in [-0.15, -0.1) is 0 Å². The highest BCUT2D eigenvalue weighted by atomic mass is 16.7. The fourth-order valence-corrected chi connectivity index (χ4v) is 12.0. The quantitative estimate of drug-likeness (QED) is 0.297. The number of ether oxygens (including phenoxy) is 2. The standard InChI is InChI=1S/C36H58O8/c1-31(2)24-8-11-36(7)29(34(24,5)10-9-25(31)44-30-28(42)27(41)26(40)23(18-37)43-30)22(39)16-20-21-17-32(3,19-38)12-13-33(21,4)14-15-35(20,36)6/h16,21,23-30,37-38,40-42H,8-15,17-19H2,1-7H3/t21-,23+,24-,25-,26+,27-,28+,29+,30-,32-,33+,34-,35+,36+/m0/s1. The van der Waals surface area contributed by atoms with Crippen LogP contribution >= 0.6 is 0 Å². The van der Waals surface area contributed by atoms with Gasteiger partial charge in [-0.25, -0.2) is 0 Å². The number of hydrogen-bond acceptors (Lipinski definition) is 8. The van der Waals surface area contributed by atoms with Crippen LogP contribution in [0.2, 0.25) is 0 Å². The Hall–Kier alpha value is -0.870. The zero-order valence-corrected chi connectivity index (χ0v) is 28.0. The summed E-state index contributed by atoms with van der Waals surface area (Å²) in [7, 11) is 0. The normalized spacial score (nSPS) is 55.2. The van der Waals surface area contributed by atoms with Crippen molar-refractivity contribution in [3.05, 3.63) is 11.6 Å². The van der Waals surface area contributed by atoms with Gasteiger partial charge in [-0.05, 0) is 108 Å². The number of allylic oxidation sites excluding steroid dienone is 2. The minimum absolute atomic E-state index is 0.0781. The topological polar surface area (TPSA) is 137 Å². The van der Waals surface area contributed by atoms with Crippen molar-refractivity contribution in [3.8, 4) is 0 Å². The van der Waals surface area contributed by atoms with Crippen LogP contribution in [-0.2, 0) is 14.3 Å². The van der Waals surface area contributed by atoms with Gasteiger partial charge in [0.2, 0.25) is 0 Å². The number of carbonyl (C=O) groups is 1. The van der Waals surface area contributed by atoms with E-state index in [1.807, 2.05) is 0 Å². The summed E-state index contributed by atoms with van der Waals surface area (Å²) in [5, 5.41) is 51.3. The van der Waals surface area contributed by atoms with Gasteiger partial charge in [0.25, 0.3) is 0 Å². The third-order valence-electron chi connectivity index (χ3n) is 15.1. The molecule has 4 saturated carbocycles. The molecule has 1 aliphatic heterocycles. The average Bonchev–Trinajstić information content (AvgIpc) is 2.96. The predicted octanol–water partition coefficient (Wildman–Crippen LogP) is 4.14. The summed E-state index contributed by atoms with van der Waals surface area (Å²) < 4.78 is 12.2. The molecular weight excluding hydrogens is 560 g/mol. The van der Waals surface area contributed by atoms with Gasteiger partial charge < -0.3 is 35.0 Å². The highest BCUT2D eigenvalue weighted by Crippen LogP contribution is 2.75. The monoisotopic (exact) mass is 618 g/mol. The Morgan fingerprint density at radius 3 is 2.20 bits per heavy atom. The second kappa shape index (κ2) is 10.6. The van der Waals surface area contributed by atoms with Crippen molar-refractivity contribution >= 4 is 5.78 Å². The lowest BCUT2D eigenvalue weighted by molar-refractivity contribution is -0.329. The molecule has 44 heavy (non-hydrogen) atoms. The summed E-state index contributed by atoms with van der Waals surface area (Å²) >= 11 is 0. The lowest BCUT2D eigenvalue weighted by atomic mass is 9.33. The first kappa shape index (κ1) is 33.0. The fraction of sp³-hybridized carbons (Fsp3) is 0.917. The lowest BCUT2D eigenvalue weighted by Gasteiger charge is -2.70. The maximum Gasteiger partial charge on any atom is 0.186 e. The molecule has 6 aliphatic rings. The highest BCUT2D eigenvalue weighted by Gasteiger charge is 2.70. The van der Waals surface area contributed by atoms with Crippen LogP contribution in [0.1, 0.15) is 106 Å². The summed E-state index contributed by atoms with van der Waals surface area (Å²) in [4.78, 5) is 14.6. The summed E-state index contributed by atoms with van der Waals surface area (Å²) in [6, 6.07) is 0. The third kappa shape index (κ3) is 4.44. The molecule has 8 heteroatoms. The third-order valence-corrected chi connectivity index (χ3v) is 15.1. The van der Waals surface area contributed by atoms with Crippen LogP contribution in [-0.4, -0.2) is 81.3 Å². The Bertz CT molecular complexity index is 1180. The van der Waals surface area contributed by atoms with Gasteiger partial charge in [0.05, 0.1) is 12.7 Å². The van der Waals surface area contributed by atoms with E-state index in [0.717, 1.165) is 51.4 Å². The van der Waals surface area contributed by atoms with Crippen LogP contribution in [0.3, 0.4) is 0 Å². The highest BCUT2D eigenvalue weighted by molar-refractivity contribution is 5.95. The second-order valence-corrected chi connectivity index (χ2v) is 17.8. The van der Waals surface area contributed by atoms with E-state index < -0.39 is 37.3 Å². The van der Waals surface area contributed by atoms with Gasteiger partial charge in [0.15, 0.2) is 12.1 Å². The van der Waals surface area contributed by atoms with Crippen molar-refractivity contribution in [3.63, 3.8) is 0 Å². The summed E-state index contributed by atoms with van der Waals surface area (Å²) in [6.07, 6.45) is 4.02. The summed E-state index contributed by atoms with van der Waals surface area (Å²) in [6.45, 7) is 15.9. The number of fused-ring (bicyclic) bond motifs is 7. The van der Waals surface area contributed by atoms with Gasteiger partial charge in [-0.2, -0.15) is 0 Å². The smallest absolute Gasteiger partial charge is 0.186 e. The average molecular weight is 619 g/mol. The second-order valence-electron chi connectivity index (χ2n) is 17.8. The van der Waals surface area contributed by atoms with Crippen LogP contribution in [0.15, 0.2) is 11.6 Å². The fourth-order valence-electron chi connectivity index (χ4n) is 12.0. The maximum absolute atomic E-state index is 14.6. The Morgan fingerprint density at radius 2 is 1.55 bits per heavy atom. The molecule has 0 aromatic rings. The van der Waals surface area contributed by atoms with Gasteiger partial charge >= 0.3 is 0 Å². The Kier molecular flexibility index (Phi) is 7.94. The molecule has 8 nitrogen and oxygen atoms in total. The van der Waals surface area contributed by atoms with Crippen molar-refractivity contribution in [2.24, 2.45) is 50.2 Å². The largest absolute Gasteiger partial charge is 0.396 e. The number of rotatable bonds is 4. The molecule has 5 N–H and O–H groups in total. The molecule has 250 valence electrons. The van der Waals surface area contributed by atoms with E-state index in [1.165, 1.54) is 5.57 Å². The first-order valence-electron chi connectivity index (χ1n) is 17.2. The molecule has 0 aromatic carbocycles. The molecule has 0 spiro atoms. The molecular formula is C36H58O8. The number of aliphatic hydroxyl groups is 5. The molecule has 0 amide bonds. The van der Waals surface area contributed by atoms with Crippen molar-refractivity contribution in [2.75, 3.05) is 13.2 Å². The summed E-state index contributed by atoms with van der Waals surface area (Å²) in [5.74, 6) is 0.683. The molecule has 0 bridgehead atoms. The van der Waals surface area contributed by atoms with E-state index in [1.54, 1.807) is 0 Å². The molecule has 1 heterocycles. The van der Waals surface area contributed by atoms with Crippen molar-refractivity contribution < 1.29 is 39.8 Å². The van der Waals surface area contributed by atoms with Crippen LogP contribution in [0.4, 0.5) is 0 Å². The van der Waals surface area contributed by atoms with Gasteiger partial charge in [0.1, 0.15) is 24.4 Å². The molecule has 6 rings (SSSR count). The number of aliphatic hydroxyl groups excluding tert-OH is 5. The number of ketones is 1. The van der Waals surface area contributed by atoms with E-state index in [0.29, 0.717) is 12.3 Å². The van der Waals surface area contributed by atoms with Gasteiger partial charge in [-0.3, -0.25) is 4.79 Å². The molecule has 0 aromatic heterocycles. The van der Waals surface area contributed by atoms with Crippen molar-refractivity contribution in [1.82, 2.24) is 0 Å². The molecule has 1 saturated heterocycles. The minimum atomic E-state index is -1.48. The number of carbonyl (C=O) groups excluding carboxylic acids is 1. The minimum Gasteiger partial charge on any atom is -0.396 e. The van der Waals surface area contributed by atoms with Crippen LogP contribution < -0.4 is 0 Å². The first-order chi connectivity index (χ1) is 20.4. The maximum atomic E-state index is 14.6. The van der Waals surface area contributed by atoms with Gasteiger partial charge in [-0.1, -0.05) is 54.0 Å². The van der Waals surface area contributed by atoms with Crippen molar-refractivity contribution in [1.29, 1.82) is 0 Å². The van der Waals surface area contributed by atoms with E-state index in [9.17, 15) is 30.3 Å². The van der Waals surface area contributed by atoms with Crippen LogP contribution in [0.5, 0.6) is 0 Å². The zero-order chi connectivity index (χ0) is 32.3. The van der Waals surface area contributed by atoms with E-state index in [-0.39, 0.29) is 62.8 Å². The molecule has 0 unspecified atom stereocenters. The summed E-state index contributed by atoms with van der Waals surface area (Å²) in [5.41, 5.74) is 0.593. The molecule has 0 radical (unpaired) electrons. The predicted molar refractivity (Wildman–Crippen MR) is 165 cm³/mol. The Balaban J connectivity index is 1.31. The zero-order valence-electron chi connectivity index (χ0n) is 28.0. The Labute approximate surface area is 263 Å². The SMILES string of the molecule is CC1(C)[C@@H](O[C@@H]2O[C@H](CO)[C@@H](O)[C@H](O)[C@H]2O)CC[C@]2(C)[C@H]3C(=O)C=C4[C@@H]5C[C@@](C)(CO)CC[C@]5(C)CC[C@@]4(C)[C@]3(C)CC[C@@H]12. The van der Waals surface area contributed by atoms with Gasteiger partial charge in [0, 0.05) is 12.5 Å². The van der Waals surface area contributed by atoms with Crippen molar-refractivity contribution in [2.45, 2.75) is 143 Å². The van der Waals surface area contributed by atoms with E-state index in [4.69, 9.17) is 9.47 Å².